The summed E-state index contributed by atoms with van der Waals surface area (Å²) in [4.78, 5) is 12.8. The van der Waals surface area contributed by atoms with Crippen molar-refractivity contribution in [2.45, 2.75) is 18.7 Å². The molecule has 8 heteroatoms. The molecule has 33 heavy (non-hydrogen) atoms. The zero-order valence-electron chi connectivity index (χ0n) is 18.9. The molecule has 7 nitrogen and oxygen atoms in total. The summed E-state index contributed by atoms with van der Waals surface area (Å²) in [5.41, 5.74) is 2.37. The summed E-state index contributed by atoms with van der Waals surface area (Å²) in [5.74, 6) is 0.652. The van der Waals surface area contributed by atoms with Gasteiger partial charge in [0.25, 0.3) is 10.0 Å². The second kappa shape index (κ2) is 10.9. The fraction of sp³-hybridized carbons (Fsp3) is 0.240. The predicted molar refractivity (Wildman–Crippen MR) is 128 cm³/mol. The monoisotopic (exact) mass is 468 g/mol. The average molecular weight is 469 g/mol. The Bertz CT molecular complexity index is 1200. The highest BCUT2D eigenvalue weighted by molar-refractivity contribution is 7.92. The molecule has 1 amide bonds. The molecule has 0 fully saturated rings. The van der Waals surface area contributed by atoms with Crippen LogP contribution in [0.2, 0.25) is 0 Å². The number of benzene rings is 3. The third-order valence-electron chi connectivity index (χ3n) is 5.00. The highest BCUT2D eigenvalue weighted by Crippen LogP contribution is 2.32. The molecule has 0 spiro atoms. The van der Waals surface area contributed by atoms with E-state index in [4.69, 9.17) is 9.47 Å². The van der Waals surface area contributed by atoms with Crippen LogP contribution in [-0.4, -0.2) is 41.1 Å². The second-order valence-corrected chi connectivity index (χ2v) is 9.33. The van der Waals surface area contributed by atoms with Gasteiger partial charge in [0.1, 0.15) is 24.7 Å². The van der Waals surface area contributed by atoms with Crippen molar-refractivity contribution in [2.24, 2.45) is 0 Å². The van der Waals surface area contributed by atoms with Crippen LogP contribution in [0.15, 0.2) is 77.7 Å². The molecule has 174 valence electrons. The van der Waals surface area contributed by atoms with Gasteiger partial charge in [-0.15, -0.1) is 0 Å². The fourth-order valence-corrected chi connectivity index (χ4v) is 4.71. The molecule has 3 rings (SSSR count). The van der Waals surface area contributed by atoms with Gasteiger partial charge in [-0.05, 0) is 55.3 Å². The summed E-state index contributed by atoms with van der Waals surface area (Å²) < 4.78 is 38.9. The number of hydrogen-bond acceptors (Lipinski definition) is 5. The Hall–Kier alpha value is -3.52. The van der Waals surface area contributed by atoms with Gasteiger partial charge in [-0.1, -0.05) is 42.5 Å². The maximum Gasteiger partial charge on any atom is 0.264 e. The summed E-state index contributed by atoms with van der Waals surface area (Å²) in [5, 5.41) is 2.74. The number of nitrogens with zero attached hydrogens (tertiary/aromatic N) is 1. The standard InChI is InChI=1S/C25H28N2O5S/c1-19-13-14-20(2)24(17-19)32-16-15-26-25(28)18-27(22-11-7-8-12-23(22)31-3)33(29,30)21-9-5-4-6-10-21/h4-14,17H,15-16,18H2,1-3H3,(H,26,28). The summed E-state index contributed by atoms with van der Waals surface area (Å²) >= 11 is 0. The highest BCUT2D eigenvalue weighted by Gasteiger charge is 2.29. The highest BCUT2D eigenvalue weighted by atomic mass is 32.2. The number of amides is 1. The van der Waals surface area contributed by atoms with Crippen molar-refractivity contribution in [3.8, 4) is 11.5 Å². The van der Waals surface area contributed by atoms with Crippen LogP contribution in [-0.2, 0) is 14.8 Å². The Labute approximate surface area is 195 Å². The lowest BCUT2D eigenvalue weighted by Crippen LogP contribution is -2.42. The van der Waals surface area contributed by atoms with Crippen LogP contribution in [0.5, 0.6) is 11.5 Å². The molecule has 3 aromatic rings. The number of para-hydroxylation sites is 2. The Morgan fingerprint density at radius 2 is 1.64 bits per heavy atom. The Morgan fingerprint density at radius 1 is 0.939 bits per heavy atom. The topological polar surface area (TPSA) is 84.9 Å². The quantitative estimate of drug-likeness (QED) is 0.459. The molecule has 0 atom stereocenters. The number of rotatable bonds is 10. The SMILES string of the molecule is COc1ccccc1N(CC(=O)NCCOc1cc(C)ccc1C)S(=O)(=O)c1ccccc1. The molecule has 0 aliphatic heterocycles. The largest absolute Gasteiger partial charge is 0.495 e. The molecule has 0 unspecified atom stereocenters. The van der Waals surface area contributed by atoms with Crippen molar-refractivity contribution in [3.63, 3.8) is 0 Å². The Kier molecular flexibility index (Phi) is 7.95. The van der Waals surface area contributed by atoms with Gasteiger partial charge < -0.3 is 14.8 Å². The number of sulfonamides is 1. The van der Waals surface area contributed by atoms with Crippen LogP contribution in [0.4, 0.5) is 5.69 Å². The van der Waals surface area contributed by atoms with E-state index in [9.17, 15) is 13.2 Å². The average Bonchev–Trinajstić information content (AvgIpc) is 2.82. The van der Waals surface area contributed by atoms with E-state index in [1.807, 2.05) is 32.0 Å². The lowest BCUT2D eigenvalue weighted by Gasteiger charge is -2.25. The maximum atomic E-state index is 13.4. The number of carbonyl (C=O) groups excluding carboxylic acids is 1. The molecular weight excluding hydrogens is 440 g/mol. The van der Waals surface area contributed by atoms with Crippen molar-refractivity contribution in [1.82, 2.24) is 5.32 Å². The van der Waals surface area contributed by atoms with E-state index in [-0.39, 0.29) is 23.7 Å². The van der Waals surface area contributed by atoms with Gasteiger partial charge in [-0.3, -0.25) is 9.10 Å². The van der Waals surface area contributed by atoms with Crippen LogP contribution in [0.25, 0.3) is 0 Å². The third kappa shape index (κ3) is 6.04. The van der Waals surface area contributed by atoms with E-state index in [0.29, 0.717) is 5.75 Å². The minimum Gasteiger partial charge on any atom is -0.495 e. The van der Waals surface area contributed by atoms with Gasteiger partial charge in [0.05, 0.1) is 24.2 Å². The second-order valence-electron chi connectivity index (χ2n) is 7.46. The van der Waals surface area contributed by atoms with E-state index in [1.165, 1.54) is 19.2 Å². The van der Waals surface area contributed by atoms with Crippen LogP contribution in [0.3, 0.4) is 0 Å². The van der Waals surface area contributed by atoms with E-state index in [0.717, 1.165) is 21.2 Å². The summed E-state index contributed by atoms with van der Waals surface area (Å²) in [6.45, 7) is 4.02. The smallest absolute Gasteiger partial charge is 0.264 e. The third-order valence-corrected chi connectivity index (χ3v) is 6.77. The van der Waals surface area contributed by atoms with E-state index in [1.54, 1.807) is 42.5 Å². The van der Waals surface area contributed by atoms with Gasteiger partial charge in [0.2, 0.25) is 5.91 Å². The summed E-state index contributed by atoms with van der Waals surface area (Å²) in [7, 11) is -2.55. The molecule has 0 saturated heterocycles. The normalized spacial score (nSPS) is 11.0. The van der Waals surface area contributed by atoms with Crippen LogP contribution < -0.4 is 19.1 Å². The van der Waals surface area contributed by atoms with Crippen LogP contribution in [0, 0.1) is 13.8 Å². The van der Waals surface area contributed by atoms with Crippen molar-refractivity contribution in [2.75, 3.05) is 31.1 Å². The lowest BCUT2D eigenvalue weighted by atomic mass is 10.1. The number of ether oxygens (including phenoxy) is 2. The molecule has 3 aromatic carbocycles. The number of carbonyl (C=O) groups is 1. The first kappa shape index (κ1) is 24.1. The first-order valence-electron chi connectivity index (χ1n) is 10.5. The van der Waals surface area contributed by atoms with Crippen molar-refractivity contribution in [1.29, 1.82) is 0 Å². The number of nitrogens with one attached hydrogen (secondary N) is 1. The number of hydrogen-bond donors (Lipinski definition) is 1. The van der Waals surface area contributed by atoms with Gasteiger partial charge >= 0.3 is 0 Å². The molecule has 0 saturated carbocycles. The van der Waals surface area contributed by atoms with Crippen molar-refractivity contribution in [3.05, 3.63) is 83.9 Å². The van der Waals surface area contributed by atoms with Crippen LogP contribution >= 0.6 is 0 Å². The predicted octanol–water partition coefficient (Wildman–Crippen LogP) is 3.70. The first-order chi connectivity index (χ1) is 15.8. The molecule has 0 aromatic heterocycles. The molecule has 0 radical (unpaired) electrons. The minimum atomic E-state index is -4.00. The Balaban J connectivity index is 1.73. The summed E-state index contributed by atoms with van der Waals surface area (Å²) in [6, 6.07) is 20.6. The minimum absolute atomic E-state index is 0.0852. The van der Waals surface area contributed by atoms with Crippen molar-refractivity contribution >= 4 is 21.6 Å². The lowest BCUT2D eigenvalue weighted by molar-refractivity contribution is -0.119. The zero-order valence-corrected chi connectivity index (χ0v) is 19.8. The molecule has 0 bridgehead atoms. The van der Waals surface area contributed by atoms with Gasteiger partial charge in [0.15, 0.2) is 0 Å². The molecule has 0 aliphatic rings. The van der Waals surface area contributed by atoms with Gasteiger partial charge in [-0.25, -0.2) is 8.42 Å². The maximum absolute atomic E-state index is 13.4. The van der Waals surface area contributed by atoms with E-state index >= 15 is 0 Å². The fourth-order valence-electron chi connectivity index (χ4n) is 3.26. The zero-order chi connectivity index (χ0) is 23.8. The van der Waals surface area contributed by atoms with Crippen LogP contribution in [0.1, 0.15) is 11.1 Å². The van der Waals surface area contributed by atoms with E-state index in [2.05, 4.69) is 5.32 Å². The molecule has 0 heterocycles. The molecule has 0 aliphatic carbocycles. The molecule has 1 N–H and O–H groups in total. The number of anilines is 1. The molecular formula is C25H28N2O5S. The summed E-state index contributed by atoms with van der Waals surface area (Å²) in [6.07, 6.45) is 0. The number of aryl methyl sites for hydroxylation is 2. The van der Waals surface area contributed by atoms with Gasteiger partial charge in [-0.2, -0.15) is 0 Å². The van der Waals surface area contributed by atoms with Gasteiger partial charge in [0, 0.05) is 0 Å². The van der Waals surface area contributed by atoms with E-state index < -0.39 is 22.5 Å². The van der Waals surface area contributed by atoms with Crippen molar-refractivity contribution < 1.29 is 22.7 Å². The first-order valence-corrected chi connectivity index (χ1v) is 11.9. The number of methoxy groups -OCH3 is 1. The Morgan fingerprint density at radius 3 is 2.36 bits per heavy atom.